The molecule has 0 fully saturated rings. The van der Waals surface area contributed by atoms with Crippen LogP contribution in [-0.4, -0.2) is 10.2 Å². The highest BCUT2D eigenvalue weighted by Gasteiger charge is 1.95. The van der Waals surface area contributed by atoms with E-state index in [-0.39, 0.29) is 0 Å². The summed E-state index contributed by atoms with van der Waals surface area (Å²) in [7, 11) is 0. The first-order chi connectivity index (χ1) is 5.38. The van der Waals surface area contributed by atoms with E-state index in [9.17, 15) is 0 Å². The van der Waals surface area contributed by atoms with Gasteiger partial charge >= 0.3 is 0 Å². The second-order valence-corrected chi connectivity index (χ2v) is 2.27. The Balaban J connectivity index is 2.91. The number of rotatable bonds is 0. The van der Waals surface area contributed by atoms with Crippen molar-refractivity contribution < 1.29 is 0 Å². The van der Waals surface area contributed by atoms with Crippen LogP contribution in [0.15, 0.2) is 30.5 Å². The molecule has 0 saturated carbocycles. The lowest BCUT2D eigenvalue weighted by molar-refractivity contribution is 1.08. The maximum absolute atomic E-state index is 7.50. The van der Waals surface area contributed by atoms with E-state index in [1.54, 1.807) is 24.4 Å². The van der Waals surface area contributed by atoms with Crippen LogP contribution in [-0.2, 0) is 0 Å². The SMILES string of the molecule is [NH]c1cccc2nnccc12. The molecule has 2 rings (SSSR count). The summed E-state index contributed by atoms with van der Waals surface area (Å²) in [5.41, 5.74) is 8.77. The van der Waals surface area contributed by atoms with E-state index in [2.05, 4.69) is 10.2 Å². The van der Waals surface area contributed by atoms with E-state index in [4.69, 9.17) is 5.73 Å². The second-order valence-electron chi connectivity index (χ2n) is 2.27. The lowest BCUT2D eigenvalue weighted by atomic mass is 10.2. The minimum atomic E-state index is 0.498. The highest BCUT2D eigenvalue weighted by atomic mass is 15.1. The fourth-order valence-electron chi connectivity index (χ4n) is 1.02. The van der Waals surface area contributed by atoms with Crippen molar-refractivity contribution in [2.75, 3.05) is 0 Å². The average Bonchev–Trinajstić information content (AvgIpc) is 2.06. The molecule has 1 aromatic heterocycles. The molecule has 1 radical (unpaired) electrons. The van der Waals surface area contributed by atoms with E-state index in [0.717, 1.165) is 10.9 Å². The molecule has 3 nitrogen and oxygen atoms in total. The van der Waals surface area contributed by atoms with E-state index in [0.29, 0.717) is 5.69 Å². The zero-order valence-electron chi connectivity index (χ0n) is 5.78. The predicted molar refractivity (Wildman–Crippen MR) is 42.3 cm³/mol. The van der Waals surface area contributed by atoms with Crippen LogP contribution in [0, 0.1) is 0 Å². The number of nitrogens with one attached hydrogen (secondary N) is 1. The van der Waals surface area contributed by atoms with E-state index in [1.165, 1.54) is 0 Å². The van der Waals surface area contributed by atoms with Crippen molar-refractivity contribution >= 4 is 16.6 Å². The number of benzene rings is 1. The molecule has 0 aliphatic heterocycles. The van der Waals surface area contributed by atoms with Crippen LogP contribution in [0.2, 0.25) is 0 Å². The van der Waals surface area contributed by atoms with Crippen molar-refractivity contribution in [2.24, 2.45) is 0 Å². The van der Waals surface area contributed by atoms with Crippen LogP contribution in [0.1, 0.15) is 0 Å². The van der Waals surface area contributed by atoms with Gasteiger partial charge in [0.05, 0.1) is 17.4 Å². The number of hydrogen-bond acceptors (Lipinski definition) is 2. The molecule has 53 valence electrons. The topological polar surface area (TPSA) is 49.6 Å². The Morgan fingerprint density at radius 3 is 2.91 bits per heavy atom. The van der Waals surface area contributed by atoms with Gasteiger partial charge in [-0.2, -0.15) is 10.2 Å². The Morgan fingerprint density at radius 2 is 2.09 bits per heavy atom. The highest BCUT2D eigenvalue weighted by Crippen LogP contribution is 2.17. The van der Waals surface area contributed by atoms with Crippen molar-refractivity contribution in [1.29, 1.82) is 0 Å². The summed E-state index contributed by atoms with van der Waals surface area (Å²) < 4.78 is 0. The standard InChI is InChI=1S/C8H6N3/c9-7-2-1-3-8-6(7)4-5-10-11-8/h1-5,9H. The number of aromatic nitrogens is 2. The molecule has 0 atom stereocenters. The summed E-state index contributed by atoms with van der Waals surface area (Å²) in [6.07, 6.45) is 1.60. The molecular formula is C8H6N3. The third-order valence-corrected chi connectivity index (χ3v) is 1.56. The fraction of sp³-hybridized carbons (Fsp3) is 0. The molecule has 2 aromatic rings. The van der Waals surface area contributed by atoms with Crippen LogP contribution >= 0.6 is 0 Å². The van der Waals surface area contributed by atoms with Gasteiger partial charge in [-0.3, -0.25) is 0 Å². The summed E-state index contributed by atoms with van der Waals surface area (Å²) in [4.78, 5) is 0. The average molecular weight is 144 g/mol. The molecule has 0 aliphatic carbocycles. The van der Waals surface area contributed by atoms with Crippen LogP contribution in [0.3, 0.4) is 0 Å². The molecule has 3 heteroatoms. The molecule has 0 aliphatic rings. The highest BCUT2D eigenvalue weighted by molar-refractivity contribution is 5.88. The second kappa shape index (κ2) is 2.20. The first-order valence-electron chi connectivity index (χ1n) is 3.30. The third-order valence-electron chi connectivity index (χ3n) is 1.56. The van der Waals surface area contributed by atoms with Gasteiger partial charge in [0.2, 0.25) is 0 Å². The Bertz CT molecular complexity index is 378. The summed E-state index contributed by atoms with van der Waals surface area (Å²) in [5, 5.41) is 8.44. The molecule has 0 saturated heterocycles. The molecule has 1 N–H and O–H groups in total. The van der Waals surface area contributed by atoms with Gasteiger partial charge in [-0.05, 0) is 18.2 Å². The van der Waals surface area contributed by atoms with Gasteiger partial charge in [0.1, 0.15) is 0 Å². The van der Waals surface area contributed by atoms with Crippen LogP contribution in [0.25, 0.3) is 10.9 Å². The van der Waals surface area contributed by atoms with Gasteiger partial charge in [-0.25, -0.2) is 0 Å². The zero-order chi connectivity index (χ0) is 7.68. The van der Waals surface area contributed by atoms with Crippen molar-refractivity contribution in [2.45, 2.75) is 0 Å². The van der Waals surface area contributed by atoms with E-state index >= 15 is 0 Å². The Hall–Kier alpha value is -1.64. The minimum absolute atomic E-state index is 0.498. The van der Waals surface area contributed by atoms with E-state index in [1.807, 2.05) is 6.07 Å². The smallest absolute Gasteiger partial charge is 0.0951 e. The largest absolute Gasteiger partial charge is 0.300 e. The summed E-state index contributed by atoms with van der Waals surface area (Å²) >= 11 is 0. The predicted octanol–water partition coefficient (Wildman–Crippen LogP) is 1.54. The number of hydrogen-bond donors (Lipinski definition) is 0. The minimum Gasteiger partial charge on any atom is -0.300 e. The van der Waals surface area contributed by atoms with Gasteiger partial charge in [0, 0.05) is 5.39 Å². The van der Waals surface area contributed by atoms with Crippen molar-refractivity contribution in [3.63, 3.8) is 0 Å². The number of nitrogens with zero attached hydrogens (tertiary/aromatic N) is 2. The fourth-order valence-corrected chi connectivity index (χ4v) is 1.02. The molecule has 0 spiro atoms. The molecule has 0 amide bonds. The normalized spacial score (nSPS) is 10.2. The third kappa shape index (κ3) is 0.902. The summed E-state index contributed by atoms with van der Waals surface area (Å²) in [6.45, 7) is 0. The molecule has 0 bridgehead atoms. The quantitative estimate of drug-likeness (QED) is 0.563. The van der Waals surface area contributed by atoms with Crippen molar-refractivity contribution in [1.82, 2.24) is 15.9 Å². The van der Waals surface area contributed by atoms with Crippen molar-refractivity contribution in [3.8, 4) is 0 Å². The Kier molecular flexibility index (Phi) is 1.22. The molecular weight excluding hydrogens is 138 g/mol. The van der Waals surface area contributed by atoms with Gasteiger partial charge < -0.3 is 5.73 Å². The van der Waals surface area contributed by atoms with Crippen molar-refractivity contribution in [3.05, 3.63) is 30.5 Å². The monoisotopic (exact) mass is 144 g/mol. The summed E-state index contributed by atoms with van der Waals surface area (Å²) in [6, 6.07) is 7.19. The van der Waals surface area contributed by atoms with Crippen LogP contribution < -0.4 is 5.73 Å². The van der Waals surface area contributed by atoms with Gasteiger partial charge in [0.25, 0.3) is 0 Å². The van der Waals surface area contributed by atoms with Crippen LogP contribution in [0.5, 0.6) is 0 Å². The Labute approximate surface area is 63.9 Å². The first kappa shape index (κ1) is 6.09. The molecule has 11 heavy (non-hydrogen) atoms. The van der Waals surface area contributed by atoms with E-state index < -0.39 is 0 Å². The van der Waals surface area contributed by atoms with Crippen LogP contribution in [0.4, 0.5) is 5.69 Å². The molecule has 1 heterocycles. The van der Waals surface area contributed by atoms with Gasteiger partial charge in [0.15, 0.2) is 0 Å². The Morgan fingerprint density at radius 1 is 1.18 bits per heavy atom. The summed E-state index contributed by atoms with van der Waals surface area (Å²) in [5.74, 6) is 0. The maximum Gasteiger partial charge on any atom is 0.0951 e. The number of fused-ring (bicyclic) bond motifs is 1. The lowest BCUT2D eigenvalue weighted by Gasteiger charge is -1.95. The zero-order valence-corrected chi connectivity index (χ0v) is 5.78. The lowest BCUT2D eigenvalue weighted by Crippen LogP contribution is -1.82. The first-order valence-corrected chi connectivity index (χ1v) is 3.30. The molecule has 0 unspecified atom stereocenters. The van der Waals surface area contributed by atoms with Gasteiger partial charge in [-0.15, -0.1) is 0 Å². The maximum atomic E-state index is 7.50. The van der Waals surface area contributed by atoms with Gasteiger partial charge in [-0.1, -0.05) is 6.07 Å². The molecule has 1 aromatic carbocycles.